The normalized spacial score (nSPS) is 19.2. The van der Waals surface area contributed by atoms with Crippen molar-refractivity contribution in [3.05, 3.63) is 22.1 Å². The number of aromatic nitrogens is 3. The van der Waals surface area contributed by atoms with Gasteiger partial charge in [0.05, 0.1) is 0 Å². The number of anilines is 1. The van der Waals surface area contributed by atoms with Crippen LogP contribution in [-0.2, 0) is 4.79 Å². The van der Waals surface area contributed by atoms with Gasteiger partial charge < -0.3 is 20.0 Å². The van der Waals surface area contributed by atoms with Gasteiger partial charge in [-0.15, -0.1) is 5.10 Å². The monoisotopic (exact) mass is 447 g/mol. The number of aryl methyl sites for hydroxylation is 1. The number of hydrogen-bond donors (Lipinski definition) is 1. The summed E-state index contributed by atoms with van der Waals surface area (Å²) in [4.78, 5) is 36.8. The molecule has 10 heteroatoms. The highest BCUT2D eigenvalue weighted by atomic mass is 32.1. The fraction of sp³-hybridized carbons (Fsp3) is 0.714. The fourth-order valence-corrected chi connectivity index (χ4v) is 5.36. The summed E-state index contributed by atoms with van der Waals surface area (Å²) < 4.78 is 1.37. The van der Waals surface area contributed by atoms with E-state index in [4.69, 9.17) is 0 Å². The number of hydrogen-bond acceptors (Lipinski definition) is 8. The number of likely N-dealkylation sites (N-methyl/N-ethyl adjacent to an activating group) is 1. The number of nitrogens with zero attached hydrogens (tertiary/aromatic N) is 6. The number of nitrogens with one attached hydrogen (secondary N) is 1. The van der Waals surface area contributed by atoms with E-state index < -0.39 is 0 Å². The minimum atomic E-state index is -0.147. The second kappa shape index (κ2) is 10.1. The number of piperidine rings is 1. The molecule has 0 saturated carbocycles. The Labute approximate surface area is 187 Å². The average molecular weight is 448 g/mol. The molecular formula is C21H33N7O2S. The third-order valence-electron chi connectivity index (χ3n) is 6.36. The number of amides is 1. The molecular weight excluding hydrogens is 414 g/mol. The summed E-state index contributed by atoms with van der Waals surface area (Å²) in [5.41, 5.74) is 0.560. The fourth-order valence-electron chi connectivity index (χ4n) is 4.36. The maximum absolute atomic E-state index is 12.6. The molecule has 4 heterocycles. The lowest BCUT2D eigenvalue weighted by molar-refractivity contribution is -0.125. The van der Waals surface area contributed by atoms with Gasteiger partial charge in [0.15, 0.2) is 0 Å². The Balaban J connectivity index is 1.19. The van der Waals surface area contributed by atoms with Crippen LogP contribution in [0.1, 0.15) is 31.9 Å². The second-order valence-corrected chi connectivity index (χ2v) is 9.43. The molecule has 2 aliphatic heterocycles. The molecule has 0 atom stereocenters. The molecule has 1 N–H and O–H groups in total. The predicted molar refractivity (Wildman–Crippen MR) is 123 cm³/mol. The lowest BCUT2D eigenvalue weighted by atomic mass is 9.96. The van der Waals surface area contributed by atoms with Gasteiger partial charge in [-0.2, -0.15) is 4.52 Å². The van der Waals surface area contributed by atoms with E-state index in [1.165, 1.54) is 21.9 Å². The van der Waals surface area contributed by atoms with E-state index >= 15 is 0 Å². The molecule has 2 fully saturated rings. The van der Waals surface area contributed by atoms with Crippen LogP contribution in [-0.4, -0.2) is 89.2 Å². The molecule has 2 aromatic heterocycles. The van der Waals surface area contributed by atoms with Gasteiger partial charge in [-0.25, -0.2) is 4.98 Å². The second-order valence-electron chi connectivity index (χ2n) is 8.50. The molecule has 2 aromatic rings. The van der Waals surface area contributed by atoms with Crippen molar-refractivity contribution in [3.63, 3.8) is 0 Å². The van der Waals surface area contributed by atoms with Crippen LogP contribution in [0.3, 0.4) is 0 Å². The van der Waals surface area contributed by atoms with Crippen molar-refractivity contribution in [2.75, 3.05) is 63.8 Å². The SMILES string of the molecule is CCN1CCN(CCCNC(=O)C2CCN(c3nn4c(=O)cc(C)nc4s3)CC2)CC1. The van der Waals surface area contributed by atoms with Crippen molar-refractivity contribution in [1.82, 2.24) is 29.7 Å². The van der Waals surface area contributed by atoms with Gasteiger partial charge >= 0.3 is 0 Å². The summed E-state index contributed by atoms with van der Waals surface area (Å²) in [6.07, 6.45) is 2.62. The standard InChI is InChI=1S/C21H33N7O2S/c1-3-25-11-13-26(14-12-25)8-4-7-22-19(30)17-5-9-27(10-6-17)21-24-28-18(29)15-16(2)23-20(28)31-21/h15,17H,3-14H2,1-2H3,(H,22,30). The summed E-state index contributed by atoms with van der Waals surface area (Å²) in [6, 6.07) is 1.50. The lowest BCUT2D eigenvalue weighted by Gasteiger charge is -2.34. The van der Waals surface area contributed by atoms with Gasteiger partial charge in [0, 0.05) is 63.5 Å². The van der Waals surface area contributed by atoms with Crippen molar-refractivity contribution >= 4 is 27.3 Å². The van der Waals surface area contributed by atoms with Crippen molar-refractivity contribution in [3.8, 4) is 0 Å². The van der Waals surface area contributed by atoms with Crippen LogP contribution in [0.2, 0.25) is 0 Å². The van der Waals surface area contributed by atoms with Gasteiger partial charge in [-0.1, -0.05) is 18.3 Å². The van der Waals surface area contributed by atoms with E-state index in [-0.39, 0.29) is 17.4 Å². The molecule has 0 aliphatic carbocycles. The zero-order chi connectivity index (χ0) is 21.8. The molecule has 170 valence electrons. The first-order valence-corrected chi connectivity index (χ1v) is 12.2. The summed E-state index contributed by atoms with van der Waals surface area (Å²) in [6.45, 7) is 13.1. The Morgan fingerprint density at radius 1 is 1.16 bits per heavy atom. The Hall–Kier alpha value is -2.04. The maximum Gasteiger partial charge on any atom is 0.275 e. The molecule has 0 aromatic carbocycles. The minimum Gasteiger partial charge on any atom is -0.356 e. The van der Waals surface area contributed by atoms with Crippen molar-refractivity contribution < 1.29 is 4.79 Å². The lowest BCUT2D eigenvalue weighted by Crippen LogP contribution is -2.46. The predicted octanol–water partition coefficient (Wildman–Crippen LogP) is 0.820. The van der Waals surface area contributed by atoms with Gasteiger partial charge in [0.2, 0.25) is 16.0 Å². The van der Waals surface area contributed by atoms with Crippen LogP contribution in [0.25, 0.3) is 4.96 Å². The summed E-state index contributed by atoms with van der Waals surface area (Å²) in [5.74, 6) is 0.232. The largest absolute Gasteiger partial charge is 0.356 e. The molecule has 31 heavy (non-hydrogen) atoms. The van der Waals surface area contributed by atoms with Crippen LogP contribution in [0.4, 0.5) is 5.13 Å². The first-order valence-electron chi connectivity index (χ1n) is 11.4. The first kappa shape index (κ1) is 22.2. The number of rotatable bonds is 7. The van der Waals surface area contributed by atoms with E-state index in [1.807, 2.05) is 6.92 Å². The highest BCUT2D eigenvalue weighted by molar-refractivity contribution is 7.20. The van der Waals surface area contributed by atoms with Crippen LogP contribution >= 0.6 is 11.3 Å². The Morgan fingerprint density at radius 2 is 1.87 bits per heavy atom. The zero-order valence-corrected chi connectivity index (χ0v) is 19.4. The number of carbonyl (C=O) groups is 1. The topological polar surface area (TPSA) is 86.1 Å². The number of carbonyl (C=O) groups excluding carboxylic acids is 1. The highest BCUT2D eigenvalue weighted by Crippen LogP contribution is 2.26. The van der Waals surface area contributed by atoms with Crippen LogP contribution in [0, 0.1) is 12.8 Å². The van der Waals surface area contributed by atoms with Gasteiger partial charge in [-0.05, 0) is 39.3 Å². The molecule has 4 rings (SSSR count). The van der Waals surface area contributed by atoms with Crippen LogP contribution in [0.5, 0.6) is 0 Å². The maximum atomic E-state index is 12.6. The Kier molecular flexibility index (Phi) is 7.19. The molecule has 0 radical (unpaired) electrons. The van der Waals surface area contributed by atoms with E-state index in [9.17, 15) is 9.59 Å². The number of fused-ring (bicyclic) bond motifs is 1. The molecule has 0 bridgehead atoms. The van der Waals surface area contributed by atoms with Crippen LogP contribution < -0.4 is 15.8 Å². The van der Waals surface area contributed by atoms with E-state index in [0.717, 1.165) is 83.3 Å². The van der Waals surface area contributed by atoms with E-state index in [0.29, 0.717) is 10.7 Å². The molecule has 1 amide bonds. The number of piperazine rings is 1. The molecule has 0 spiro atoms. The quantitative estimate of drug-likeness (QED) is 0.629. The van der Waals surface area contributed by atoms with Crippen molar-refractivity contribution in [2.45, 2.75) is 33.1 Å². The van der Waals surface area contributed by atoms with Crippen molar-refractivity contribution in [2.24, 2.45) is 5.92 Å². The van der Waals surface area contributed by atoms with E-state index in [1.54, 1.807) is 0 Å². The third-order valence-corrected chi connectivity index (χ3v) is 7.33. The molecule has 9 nitrogen and oxygen atoms in total. The summed E-state index contributed by atoms with van der Waals surface area (Å²) in [7, 11) is 0. The van der Waals surface area contributed by atoms with Gasteiger partial charge in [0.1, 0.15) is 0 Å². The Morgan fingerprint density at radius 3 is 2.58 bits per heavy atom. The summed E-state index contributed by atoms with van der Waals surface area (Å²) in [5, 5.41) is 8.38. The smallest absolute Gasteiger partial charge is 0.275 e. The van der Waals surface area contributed by atoms with Gasteiger partial charge in [0.25, 0.3) is 5.56 Å². The van der Waals surface area contributed by atoms with E-state index in [2.05, 4.69) is 37.0 Å². The molecule has 2 saturated heterocycles. The molecule has 2 aliphatic rings. The van der Waals surface area contributed by atoms with Crippen LogP contribution in [0.15, 0.2) is 10.9 Å². The zero-order valence-electron chi connectivity index (χ0n) is 18.5. The Bertz CT molecular complexity index is 943. The van der Waals surface area contributed by atoms with Gasteiger partial charge in [-0.3, -0.25) is 9.59 Å². The molecule has 0 unspecified atom stereocenters. The summed E-state index contributed by atoms with van der Waals surface area (Å²) >= 11 is 1.43. The average Bonchev–Trinajstić information content (AvgIpc) is 3.21. The first-order chi connectivity index (χ1) is 15.0. The van der Waals surface area contributed by atoms with Crippen molar-refractivity contribution in [1.29, 1.82) is 0 Å². The highest BCUT2D eigenvalue weighted by Gasteiger charge is 2.26. The minimum absolute atomic E-state index is 0.0572. The third kappa shape index (κ3) is 5.42.